The second kappa shape index (κ2) is 4.56. The van der Waals surface area contributed by atoms with Crippen LogP contribution < -0.4 is 5.32 Å². The number of hydrogen-bond donors (Lipinski definition) is 1. The van der Waals surface area contributed by atoms with Crippen molar-refractivity contribution < 1.29 is 0 Å². The minimum atomic E-state index is 0.138. The van der Waals surface area contributed by atoms with Crippen LogP contribution in [0.1, 0.15) is 12.6 Å². The second-order valence-electron chi connectivity index (χ2n) is 3.07. The van der Waals surface area contributed by atoms with Crippen molar-refractivity contribution >= 4 is 28.9 Å². The third-order valence-corrected chi connectivity index (χ3v) is 3.08. The highest BCUT2D eigenvalue weighted by Gasteiger charge is 2.15. The molecule has 0 radical (unpaired) electrons. The summed E-state index contributed by atoms with van der Waals surface area (Å²) in [6.07, 6.45) is 1.53. The molecule has 1 aliphatic rings. The number of nitrogens with one attached hydrogen (secondary N) is 1. The molecule has 0 aliphatic carbocycles. The minimum Gasteiger partial charge on any atom is -0.352 e. The van der Waals surface area contributed by atoms with E-state index in [0.717, 1.165) is 10.7 Å². The molecule has 1 N–H and O–H groups in total. The molecule has 0 aromatic carbocycles. The van der Waals surface area contributed by atoms with E-state index in [2.05, 4.69) is 21.4 Å². The lowest BCUT2D eigenvalue weighted by molar-refractivity contribution is 1.06. The molecule has 1 aromatic rings. The van der Waals surface area contributed by atoms with Crippen molar-refractivity contribution in [2.45, 2.75) is 6.92 Å². The summed E-state index contributed by atoms with van der Waals surface area (Å²) in [6, 6.07) is 3.78. The molecular formula is C10H7ClN4S. The van der Waals surface area contributed by atoms with Gasteiger partial charge in [0.1, 0.15) is 11.6 Å². The summed E-state index contributed by atoms with van der Waals surface area (Å²) < 4.78 is 0. The maximum atomic E-state index is 9.13. The maximum absolute atomic E-state index is 9.13. The van der Waals surface area contributed by atoms with Gasteiger partial charge in [-0.2, -0.15) is 5.26 Å². The van der Waals surface area contributed by atoms with Gasteiger partial charge in [0.05, 0.1) is 10.7 Å². The van der Waals surface area contributed by atoms with E-state index in [1.165, 1.54) is 18.0 Å². The molecule has 16 heavy (non-hydrogen) atoms. The van der Waals surface area contributed by atoms with Gasteiger partial charge in [-0.25, -0.2) is 9.97 Å². The molecule has 6 heteroatoms. The van der Waals surface area contributed by atoms with Crippen LogP contribution >= 0.6 is 23.4 Å². The largest absolute Gasteiger partial charge is 0.352 e. The standard InChI is InChI=1S/C10H7ClN4S/c1-6-5-16-9(14-6)7(4-12)8-2-3-13-10(11)15-8/h2-3,5,14H,1H3. The highest BCUT2D eigenvalue weighted by Crippen LogP contribution is 2.30. The van der Waals surface area contributed by atoms with E-state index in [1.807, 2.05) is 12.3 Å². The molecule has 2 heterocycles. The van der Waals surface area contributed by atoms with Crippen LogP contribution in [0.15, 0.2) is 28.4 Å². The molecule has 4 nitrogen and oxygen atoms in total. The van der Waals surface area contributed by atoms with Gasteiger partial charge in [-0.15, -0.1) is 0 Å². The fourth-order valence-electron chi connectivity index (χ4n) is 1.21. The highest BCUT2D eigenvalue weighted by atomic mass is 35.5. The van der Waals surface area contributed by atoms with Gasteiger partial charge in [0, 0.05) is 11.9 Å². The first-order valence-electron chi connectivity index (χ1n) is 4.44. The molecule has 80 valence electrons. The number of nitriles is 1. The summed E-state index contributed by atoms with van der Waals surface area (Å²) in [5, 5.41) is 15.1. The lowest BCUT2D eigenvalue weighted by Crippen LogP contribution is -2.05. The Hall–Kier alpha value is -1.51. The van der Waals surface area contributed by atoms with E-state index in [1.54, 1.807) is 6.07 Å². The molecule has 0 saturated carbocycles. The molecule has 0 spiro atoms. The van der Waals surface area contributed by atoms with Crippen molar-refractivity contribution in [3.05, 3.63) is 39.4 Å². The number of aromatic nitrogens is 2. The van der Waals surface area contributed by atoms with Crippen molar-refractivity contribution in [1.29, 1.82) is 5.26 Å². The van der Waals surface area contributed by atoms with Gasteiger partial charge in [-0.3, -0.25) is 0 Å². The van der Waals surface area contributed by atoms with Gasteiger partial charge in [0.2, 0.25) is 5.28 Å². The van der Waals surface area contributed by atoms with Crippen LogP contribution in [0.5, 0.6) is 0 Å². The van der Waals surface area contributed by atoms with Crippen LogP contribution in [-0.2, 0) is 0 Å². The Labute approximate surface area is 102 Å². The van der Waals surface area contributed by atoms with Gasteiger partial charge in [-0.1, -0.05) is 11.8 Å². The lowest BCUT2D eigenvalue weighted by atomic mass is 10.2. The Morgan fingerprint density at radius 1 is 1.62 bits per heavy atom. The zero-order valence-electron chi connectivity index (χ0n) is 8.36. The Morgan fingerprint density at radius 3 is 3.00 bits per heavy atom. The van der Waals surface area contributed by atoms with Gasteiger partial charge in [-0.05, 0) is 30.0 Å². The average Bonchev–Trinajstić information content (AvgIpc) is 2.66. The Balaban J connectivity index is 2.42. The Kier molecular flexibility index (Phi) is 3.13. The first-order chi connectivity index (χ1) is 7.70. The van der Waals surface area contributed by atoms with Crippen molar-refractivity contribution in [3.63, 3.8) is 0 Å². The van der Waals surface area contributed by atoms with E-state index >= 15 is 0 Å². The lowest BCUT2D eigenvalue weighted by Gasteiger charge is -2.04. The van der Waals surface area contributed by atoms with Crippen molar-refractivity contribution in [3.8, 4) is 6.07 Å². The number of thioether (sulfide) groups is 1. The predicted molar refractivity (Wildman–Crippen MR) is 64.1 cm³/mol. The fraction of sp³-hybridized carbons (Fsp3) is 0.100. The SMILES string of the molecule is CC1=CSC(=C(C#N)c2ccnc(Cl)n2)N1. The highest BCUT2D eigenvalue weighted by molar-refractivity contribution is 8.06. The summed E-state index contributed by atoms with van der Waals surface area (Å²) in [7, 11) is 0. The summed E-state index contributed by atoms with van der Waals surface area (Å²) in [6.45, 7) is 1.93. The summed E-state index contributed by atoms with van der Waals surface area (Å²) in [5.74, 6) is 0. The molecule has 1 aliphatic heterocycles. The van der Waals surface area contributed by atoms with Crippen LogP contribution in [0.4, 0.5) is 0 Å². The molecule has 0 fully saturated rings. The smallest absolute Gasteiger partial charge is 0.222 e. The van der Waals surface area contributed by atoms with E-state index in [9.17, 15) is 0 Å². The molecule has 0 amide bonds. The van der Waals surface area contributed by atoms with E-state index in [0.29, 0.717) is 11.3 Å². The normalized spacial score (nSPS) is 17.4. The van der Waals surface area contributed by atoms with Crippen LogP contribution in [0.25, 0.3) is 5.57 Å². The number of hydrogen-bond acceptors (Lipinski definition) is 5. The summed E-state index contributed by atoms with van der Waals surface area (Å²) in [5.41, 5.74) is 2.01. The van der Waals surface area contributed by atoms with Gasteiger partial charge >= 0.3 is 0 Å². The minimum absolute atomic E-state index is 0.138. The fourth-order valence-corrected chi connectivity index (χ4v) is 2.19. The summed E-state index contributed by atoms with van der Waals surface area (Å²) in [4.78, 5) is 7.79. The van der Waals surface area contributed by atoms with Crippen LogP contribution in [0.3, 0.4) is 0 Å². The molecule has 2 rings (SSSR count). The second-order valence-corrected chi connectivity index (χ2v) is 4.29. The Bertz CT molecular complexity index is 530. The predicted octanol–water partition coefficient (Wildman–Crippen LogP) is 2.52. The first-order valence-corrected chi connectivity index (χ1v) is 5.70. The number of allylic oxidation sites excluding steroid dienone is 2. The van der Waals surface area contributed by atoms with E-state index in [-0.39, 0.29) is 5.28 Å². The zero-order valence-corrected chi connectivity index (χ0v) is 9.93. The zero-order chi connectivity index (χ0) is 11.5. The quantitative estimate of drug-likeness (QED) is 0.613. The topological polar surface area (TPSA) is 61.6 Å². The van der Waals surface area contributed by atoms with Gasteiger partial charge in [0.15, 0.2) is 0 Å². The number of halogens is 1. The average molecular weight is 251 g/mol. The van der Waals surface area contributed by atoms with Gasteiger partial charge in [0.25, 0.3) is 0 Å². The van der Waals surface area contributed by atoms with E-state index < -0.39 is 0 Å². The monoisotopic (exact) mass is 250 g/mol. The molecule has 0 bridgehead atoms. The van der Waals surface area contributed by atoms with Crippen molar-refractivity contribution in [2.24, 2.45) is 0 Å². The molecule has 1 aromatic heterocycles. The molecular weight excluding hydrogens is 244 g/mol. The third kappa shape index (κ3) is 2.18. The maximum Gasteiger partial charge on any atom is 0.222 e. The molecule has 0 saturated heterocycles. The van der Waals surface area contributed by atoms with Crippen molar-refractivity contribution in [1.82, 2.24) is 15.3 Å². The molecule has 0 unspecified atom stereocenters. The van der Waals surface area contributed by atoms with Crippen LogP contribution in [0.2, 0.25) is 5.28 Å². The number of nitrogens with zero attached hydrogens (tertiary/aromatic N) is 3. The number of rotatable bonds is 1. The summed E-state index contributed by atoms with van der Waals surface area (Å²) >= 11 is 7.15. The van der Waals surface area contributed by atoms with E-state index in [4.69, 9.17) is 16.9 Å². The van der Waals surface area contributed by atoms with Crippen LogP contribution in [0, 0.1) is 11.3 Å². The first kappa shape index (κ1) is 11.0. The molecule has 0 atom stereocenters. The van der Waals surface area contributed by atoms with Crippen LogP contribution in [-0.4, -0.2) is 9.97 Å². The third-order valence-electron chi connectivity index (χ3n) is 1.89. The van der Waals surface area contributed by atoms with Crippen molar-refractivity contribution in [2.75, 3.05) is 0 Å². The van der Waals surface area contributed by atoms with Gasteiger partial charge < -0.3 is 5.32 Å². The Morgan fingerprint density at radius 2 is 2.44 bits per heavy atom.